The molecule has 2 aromatic carbocycles. The smallest absolute Gasteiger partial charge is 0.251 e. The molecule has 2 atom stereocenters. The molecule has 1 heterocycles. The minimum Gasteiger partial charge on any atom is -0.340 e. The third-order valence-electron chi connectivity index (χ3n) is 4.63. The summed E-state index contributed by atoms with van der Waals surface area (Å²) in [7, 11) is 0. The molecule has 0 spiro atoms. The van der Waals surface area contributed by atoms with E-state index in [4.69, 9.17) is 11.6 Å². The fourth-order valence-electron chi connectivity index (χ4n) is 2.69. The summed E-state index contributed by atoms with van der Waals surface area (Å²) in [6.45, 7) is 3.83. The van der Waals surface area contributed by atoms with Crippen LogP contribution in [0.2, 0.25) is 5.02 Å². The first-order valence-corrected chi connectivity index (χ1v) is 10.5. The van der Waals surface area contributed by atoms with E-state index in [-0.39, 0.29) is 23.5 Å². The molecule has 3 aromatic rings. The van der Waals surface area contributed by atoms with Crippen LogP contribution in [0.4, 0.5) is 9.52 Å². The lowest BCUT2D eigenvalue weighted by Gasteiger charge is -2.23. The zero-order chi connectivity index (χ0) is 21.7. The number of aromatic nitrogens is 2. The average molecular weight is 447 g/mol. The molecule has 0 fully saturated rings. The Balaban J connectivity index is 1.72. The SMILES string of the molecule is CCC(C)C(NC(=O)c1ccc(Cl)cc1)C(=O)Nc1nnc(-c2ccc(F)cc2)s1. The molecule has 3 rings (SSSR count). The van der Waals surface area contributed by atoms with Gasteiger partial charge in [0.2, 0.25) is 11.0 Å². The van der Waals surface area contributed by atoms with Crippen LogP contribution in [0.15, 0.2) is 48.5 Å². The Morgan fingerprint density at radius 2 is 1.77 bits per heavy atom. The van der Waals surface area contributed by atoms with E-state index in [1.807, 2.05) is 13.8 Å². The summed E-state index contributed by atoms with van der Waals surface area (Å²) in [5.74, 6) is -1.19. The third kappa shape index (κ3) is 5.40. The van der Waals surface area contributed by atoms with Crippen LogP contribution >= 0.6 is 22.9 Å². The molecule has 0 aliphatic carbocycles. The summed E-state index contributed by atoms with van der Waals surface area (Å²) in [5.41, 5.74) is 1.11. The highest BCUT2D eigenvalue weighted by atomic mass is 35.5. The van der Waals surface area contributed by atoms with Crippen LogP contribution in [-0.4, -0.2) is 28.1 Å². The molecule has 2 unspecified atom stereocenters. The van der Waals surface area contributed by atoms with Gasteiger partial charge in [0, 0.05) is 16.1 Å². The summed E-state index contributed by atoms with van der Waals surface area (Å²) in [6.07, 6.45) is 0.690. The van der Waals surface area contributed by atoms with Gasteiger partial charge in [-0.25, -0.2) is 4.39 Å². The second-order valence-corrected chi connectivity index (χ2v) is 8.17. The first kappa shape index (κ1) is 21.9. The van der Waals surface area contributed by atoms with Gasteiger partial charge in [-0.15, -0.1) is 10.2 Å². The fraction of sp³-hybridized carbons (Fsp3) is 0.238. The van der Waals surface area contributed by atoms with E-state index in [1.165, 1.54) is 23.5 Å². The Hall–Kier alpha value is -2.84. The van der Waals surface area contributed by atoms with Gasteiger partial charge in [-0.3, -0.25) is 14.9 Å². The maximum Gasteiger partial charge on any atom is 0.251 e. The van der Waals surface area contributed by atoms with E-state index in [9.17, 15) is 14.0 Å². The number of nitrogens with one attached hydrogen (secondary N) is 2. The van der Waals surface area contributed by atoms with Crippen LogP contribution in [0.25, 0.3) is 10.6 Å². The topological polar surface area (TPSA) is 84.0 Å². The Morgan fingerprint density at radius 1 is 1.10 bits per heavy atom. The molecule has 156 valence electrons. The summed E-state index contributed by atoms with van der Waals surface area (Å²) in [6, 6.07) is 11.5. The molecular weight excluding hydrogens is 427 g/mol. The molecule has 0 radical (unpaired) electrons. The Morgan fingerprint density at radius 3 is 2.40 bits per heavy atom. The van der Waals surface area contributed by atoms with E-state index in [0.29, 0.717) is 32.7 Å². The van der Waals surface area contributed by atoms with E-state index < -0.39 is 6.04 Å². The second kappa shape index (κ2) is 9.77. The first-order valence-electron chi connectivity index (χ1n) is 9.34. The number of hydrogen-bond donors (Lipinski definition) is 2. The number of carbonyl (C=O) groups is 2. The van der Waals surface area contributed by atoms with Crippen LogP contribution in [0, 0.1) is 11.7 Å². The van der Waals surface area contributed by atoms with Gasteiger partial charge in [0.1, 0.15) is 16.9 Å². The molecule has 9 heteroatoms. The third-order valence-corrected chi connectivity index (χ3v) is 5.77. The fourth-order valence-corrected chi connectivity index (χ4v) is 3.57. The van der Waals surface area contributed by atoms with Crippen molar-refractivity contribution in [1.82, 2.24) is 15.5 Å². The molecular formula is C21H20ClFN4O2S. The van der Waals surface area contributed by atoms with Gasteiger partial charge in [0.05, 0.1) is 0 Å². The molecule has 0 saturated heterocycles. The summed E-state index contributed by atoms with van der Waals surface area (Å²) in [5, 5.41) is 14.9. The number of carbonyl (C=O) groups excluding carboxylic acids is 2. The molecule has 6 nitrogen and oxygen atoms in total. The van der Waals surface area contributed by atoms with Crippen LogP contribution in [-0.2, 0) is 4.79 Å². The van der Waals surface area contributed by atoms with Crippen molar-refractivity contribution in [2.45, 2.75) is 26.3 Å². The normalized spacial score (nSPS) is 12.8. The number of hydrogen-bond acceptors (Lipinski definition) is 5. The van der Waals surface area contributed by atoms with Crippen molar-refractivity contribution in [2.24, 2.45) is 5.92 Å². The highest BCUT2D eigenvalue weighted by molar-refractivity contribution is 7.18. The van der Waals surface area contributed by atoms with Crippen molar-refractivity contribution in [3.8, 4) is 10.6 Å². The van der Waals surface area contributed by atoms with Gasteiger partial charge in [0.15, 0.2) is 0 Å². The van der Waals surface area contributed by atoms with Gasteiger partial charge < -0.3 is 5.32 Å². The average Bonchev–Trinajstić information content (AvgIpc) is 3.20. The number of rotatable bonds is 7. The van der Waals surface area contributed by atoms with E-state index >= 15 is 0 Å². The maximum atomic E-state index is 13.1. The molecule has 0 saturated carbocycles. The molecule has 2 N–H and O–H groups in total. The van der Waals surface area contributed by atoms with Crippen LogP contribution < -0.4 is 10.6 Å². The number of anilines is 1. The lowest BCUT2D eigenvalue weighted by molar-refractivity contribution is -0.119. The lowest BCUT2D eigenvalue weighted by atomic mass is 9.98. The van der Waals surface area contributed by atoms with Gasteiger partial charge in [0.25, 0.3) is 5.91 Å². The molecule has 2 amide bonds. The van der Waals surface area contributed by atoms with E-state index in [2.05, 4.69) is 20.8 Å². The standard InChI is InChI=1S/C21H20ClFN4O2S/c1-3-12(2)17(24-18(28)13-4-8-15(22)9-5-13)19(29)25-21-27-26-20(30-21)14-6-10-16(23)11-7-14/h4-12,17H,3H2,1-2H3,(H,24,28)(H,25,27,29). The van der Waals surface area contributed by atoms with Gasteiger partial charge in [-0.1, -0.05) is 43.2 Å². The maximum absolute atomic E-state index is 13.1. The van der Waals surface area contributed by atoms with Crippen molar-refractivity contribution in [2.75, 3.05) is 5.32 Å². The van der Waals surface area contributed by atoms with E-state index in [0.717, 1.165) is 0 Å². The highest BCUT2D eigenvalue weighted by Gasteiger charge is 2.27. The minimum atomic E-state index is -0.753. The van der Waals surface area contributed by atoms with Crippen LogP contribution in [0.1, 0.15) is 30.6 Å². The number of nitrogens with zero attached hydrogens (tertiary/aromatic N) is 2. The molecule has 0 aliphatic heterocycles. The predicted molar refractivity (Wildman–Crippen MR) is 116 cm³/mol. The van der Waals surface area contributed by atoms with Crippen LogP contribution in [0.5, 0.6) is 0 Å². The van der Waals surface area contributed by atoms with Crippen molar-refractivity contribution in [3.63, 3.8) is 0 Å². The zero-order valence-electron chi connectivity index (χ0n) is 16.4. The van der Waals surface area contributed by atoms with Crippen LogP contribution in [0.3, 0.4) is 0 Å². The zero-order valence-corrected chi connectivity index (χ0v) is 17.9. The summed E-state index contributed by atoms with van der Waals surface area (Å²) in [4.78, 5) is 25.4. The number of benzene rings is 2. The van der Waals surface area contributed by atoms with Gasteiger partial charge in [-0.2, -0.15) is 0 Å². The van der Waals surface area contributed by atoms with E-state index in [1.54, 1.807) is 36.4 Å². The second-order valence-electron chi connectivity index (χ2n) is 6.75. The minimum absolute atomic E-state index is 0.106. The molecule has 0 bridgehead atoms. The predicted octanol–water partition coefficient (Wildman–Crippen LogP) is 4.78. The van der Waals surface area contributed by atoms with Crippen molar-refractivity contribution in [1.29, 1.82) is 0 Å². The Kier molecular flexibility index (Phi) is 7.12. The quantitative estimate of drug-likeness (QED) is 0.547. The van der Waals surface area contributed by atoms with Crippen molar-refractivity contribution >= 4 is 39.9 Å². The molecule has 0 aliphatic rings. The largest absolute Gasteiger partial charge is 0.340 e. The Bertz CT molecular complexity index is 1020. The monoisotopic (exact) mass is 446 g/mol. The highest BCUT2D eigenvalue weighted by Crippen LogP contribution is 2.26. The number of amides is 2. The van der Waals surface area contributed by atoms with Gasteiger partial charge in [-0.05, 0) is 54.4 Å². The Labute approximate surface area is 182 Å². The molecule has 1 aromatic heterocycles. The first-order chi connectivity index (χ1) is 14.4. The number of halogens is 2. The lowest BCUT2D eigenvalue weighted by Crippen LogP contribution is -2.47. The summed E-state index contributed by atoms with van der Waals surface area (Å²) < 4.78 is 13.1. The van der Waals surface area contributed by atoms with Gasteiger partial charge >= 0.3 is 0 Å². The van der Waals surface area contributed by atoms with Crippen molar-refractivity contribution < 1.29 is 14.0 Å². The van der Waals surface area contributed by atoms with Crippen molar-refractivity contribution in [3.05, 3.63) is 64.9 Å². The summed E-state index contributed by atoms with van der Waals surface area (Å²) >= 11 is 7.03. The molecule has 30 heavy (non-hydrogen) atoms.